The molecule has 0 atom stereocenters. The standard InChI is InChI=1S/C15H7N5O2/c16-5-9(6-17)14(7-18)20-13-2-1-11(15(21)22)10-3-4-19-8-12(10)13/h1-4,8,20H,(H,21,22). The molecule has 0 aliphatic heterocycles. The van der Waals surface area contributed by atoms with Gasteiger partial charge < -0.3 is 10.4 Å². The number of anilines is 1. The number of carbonyl (C=O) groups is 1. The molecule has 1 aromatic carbocycles. The number of hydrogen-bond acceptors (Lipinski definition) is 6. The molecule has 0 saturated heterocycles. The van der Waals surface area contributed by atoms with Gasteiger partial charge in [0.15, 0.2) is 5.57 Å². The molecule has 0 unspecified atom stereocenters. The molecule has 1 aromatic heterocycles. The normalized spacial score (nSPS) is 9.14. The second kappa shape index (κ2) is 6.04. The minimum atomic E-state index is -1.09. The predicted molar refractivity (Wildman–Crippen MR) is 76.2 cm³/mol. The van der Waals surface area contributed by atoms with E-state index in [1.54, 1.807) is 18.2 Å². The SMILES string of the molecule is N#CC(C#N)=C(C#N)Nc1ccc(C(=O)O)c2ccncc12. The van der Waals surface area contributed by atoms with Crippen molar-refractivity contribution in [2.24, 2.45) is 0 Å². The summed E-state index contributed by atoms with van der Waals surface area (Å²) in [5.41, 5.74) is -0.0982. The third kappa shape index (κ3) is 2.53. The number of fused-ring (bicyclic) bond motifs is 1. The Kier molecular flexibility index (Phi) is 3.99. The van der Waals surface area contributed by atoms with Crippen LogP contribution in [0.15, 0.2) is 41.9 Å². The topological polar surface area (TPSA) is 134 Å². The summed E-state index contributed by atoms with van der Waals surface area (Å²) in [4.78, 5) is 15.1. The van der Waals surface area contributed by atoms with Gasteiger partial charge in [0.1, 0.15) is 23.9 Å². The maximum atomic E-state index is 11.2. The number of carboxylic acid groups (broad SMARTS) is 1. The summed E-state index contributed by atoms with van der Waals surface area (Å²) in [6.07, 6.45) is 2.90. The highest BCUT2D eigenvalue weighted by Gasteiger charge is 2.13. The Hall–Kier alpha value is -3.89. The number of nitriles is 3. The summed E-state index contributed by atoms with van der Waals surface area (Å²) < 4.78 is 0. The summed E-state index contributed by atoms with van der Waals surface area (Å²) in [5, 5.41) is 39.5. The van der Waals surface area contributed by atoms with Gasteiger partial charge in [0.25, 0.3) is 0 Å². The summed E-state index contributed by atoms with van der Waals surface area (Å²) in [6.45, 7) is 0. The zero-order valence-corrected chi connectivity index (χ0v) is 11.0. The Morgan fingerprint density at radius 2 is 1.82 bits per heavy atom. The van der Waals surface area contributed by atoms with E-state index in [0.29, 0.717) is 16.5 Å². The van der Waals surface area contributed by atoms with Gasteiger partial charge in [-0.25, -0.2) is 4.79 Å². The minimum absolute atomic E-state index is 0.0891. The lowest BCUT2D eigenvalue weighted by molar-refractivity contribution is 0.0699. The van der Waals surface area contributed by atoms with Gasteiger partial charge in [-0.1, -0.05) is 0 Å². The van der Waals surface area contributed by atoms with Gasteiger partial charge >= 0.3 is 5.97 Å². The molecule has 0 saturated carbocycles. The highest BCUT2D eigenvalue weighted by atomic mass is 16.4. The van der Waals surface area contributed by atoms with Crippen molar-refractivity contribution in [2.45, 2.75) is 0 Å². The van der Waals surface area contributed by atoms with E-state index in [1.807, 2.05) is 0 Å². The maximum Gasteiger partial charge on any atom is 0.336 e. The molecule has 104 valence electrons. The largest absolute Gasteiger partial charge is 0.478 e. The number of nitrogens with one attached hydrogen (secondary N) is 1. The maximum absolute atomic E-state index is 11.2. The zero-order chi connectivity index (χ0) is 16.1. The molecule has 0 fully saturated rings. The van der Waals surface area contributed by atoms with E-state index >= 15 is 0 Å². The fourth-order valence-corrected chi connectivity index (χ4v) is 1.90. The van der Waals surface area contributed by atoms with Crippen LogP contribution >= 0.6 is 0 Å². The van der Waals surface area contributed by atoms with Crippen LogP contribution < -0.4 is 5.32 Å². The third-order valence-corrected chi connectivity index (χ3v) is 2.89. The molecule has 1 heterocycles. The Morgan fingerprint density at radius 3 is 2.41 bits per heavy atom. The Balaban J connectivity index is 2.65. The second-order valence-electron chi connectivity index (χ2n) is 4.10. The lowest BCUT2D eigenvalue weighted by Gasteiger charge is -2.10. The molecular formula is C15H7N5O2. The molecule has 0 aliphatic carbocycles. The first-order valence-electron chi connectivity index (χ1n) is 5.94. The van der Waals surface area contributed by atoms with Gasteiger partial charge in [-0.3, -0.25) is 4.98 Å². The number of hydrogen-bond donors (Lipinski definition) is 2. The highest BCUT2D eigenvalue weighted by molar-refractivity contribution is 6.07. The molecular weight excluding hydrogens is 282 g/mol. The van der Waals surface area contributed by atoms with Crippen LogP contribution in [0.3, 0.4) is 0 Å². The van der Waals surface area contributed by atoms with E-state index in [2.05, 4.69) is 10.3 Å². The van der Waals surface area contributed by atoms with E-state index in [0.717, 1.165) is 0 Å². The number of rotatable bonds is 3. The van der Waals surface area contributed by atoms with Crippen LogP contribution in [0, 0.1) is 34.0 Å². The van der Waals surface area contributed by atoms with Crippen molar-refractivity contribution >= 4 is 22.4 Å². The van der Waals surface area contributed by atoms with E-state index in [9.17, 15) is 9.90 Å². The first-order chi connectivity index (χ1) is 10.6. The molecule has 7 nitrogen and oxygen atoms in total. The van der Waals surface area contributed by atoms with Gasteiger partial charge in [0.05, 0.1) is 5.56 Å². The van der Waals surface area contributed by atoms with Crippen molar-refractivity contribution < 1.29 is 9.90 Å². The van der Waals surface area contributed by atoms with Crippen LogP contribution in [-0.4, -0.2) is 16.1 Å². The molecule has 2 rings (SSSR count). The summed E-state index contributed by atoms with van der Waals surface area (Å²) in [5.74, 6) is -1.09. The summed E-state index contributed by atoms with van der Waals surface area (Å²) >= 11 is 0. The average molecular weight is 289 g/mol. The molecule has 0 spiro atoms. The molecule has 0 bridgehead atoms. The number of allylic oxidation sites excluding steroid dienone is 2. The Morgan fingerprint density at radius 1 is 1.09 bits per heavy atom. The van der Waals surface area contributed by atoms with Crippen molar-refractivity contribution in [3.63, 3.8) is 0 Å². The van der Waals surface area contributed by atoms with Crippen molar-refractivity contribution in [3.05, 3.63) is 47.4 Å². The zero-order valence-electron chi connectivity index (χ0n) is 11.0. The first-order valence-corrected chi connectivity index (χ1v) is 5.94. The van der Waals surface area contributed by atoms with Crippen LogP contribution in [0.1, 0.15) is 10.4 Å². The molecule has 22 heavy (non-hydrogen) atoms. The predicted octanol–water partition coefficient (Wildman–Crippen LogP) is 2.17. The molecule has 7 heteroatoms. The van der Waals surface area contributed by atoms with E-state index < -0.39 is 5.97 Å². The van der Waals surface area contributed by atoms with E-state index in [1.165, 1.54) is 30.6 Å². The van der Waals surface area contributed by atoms with Crippen LogP contribution in [0.4, 0.5) is 5.69 Å². The molecule has 0 amide bonds. The monoisotopic (exact) mass is 289 g/mol. The second-order valence-corrected chi connectivity index (χ2v) is 4.10. The number of benzene rings is 1. The van der Waals surface area contributed by atoms with Gasteiger partial charge in [-0.05, 0) is 18.2 Å². The van der Waals surface area contributed by atoms with Crippen LogP contribution in [0.5, 0.6) is 0 Å². The van der Waals surface area contributed by atoms with Crippen molar-refractivity contribution in [1.29, 1.82) is 15.8 Å². The van der Waals surface area contributed by atoms with Crippen LogP contribution in [-0.2, 0) is 0 Å². The van der Waals surface area contributed by atoms with E-state index in [-0.39, 0.29) is 16.8 Å². The van der Waals surface area contributed by atoms with Crippen molar-refractivity contribution in [2.75, 3.05) is 5.32 Å². The molecule has 2 aromatic rings. The lowest BCUT2D eigenvalue weighted by atomic mass is 10.0. The fraction of sp³-hybridized carbons (Fsp3) is 0. The fourth-order valence-electron chi connectivity index (χ4n) is 1.90. The van der Waals surface area contributed by atoms with Crippen LogP contribution in [0.25, 0.3) is 10.8 Å². The lowest BCUT2D eigenvalue weighted by Crippen LogP contribution is -2.04. The minimum Gasteiger partial charge on any atom is -0.478 e. The molecule has 0 aliphatic rings. The smallest absolute Gasteiger partial charge is 0.336 e. The average Bonchev–Trinajstić information content (AvgIpc) is 2.54. The summed E-state index contributed by atoms with van der Waals surface area (Å²) in [6, 6.07) is 9.36. The number of pyridine rings is 1. The highest BCUT2D eigenvalue weighted by Crippen LogP contribution is 2.27. The molecule has 2 N–H and O–H groups in total. The van der Waals surface area contributed by atoms with Crippen molar-refractivity contribution in [3.8, 4) is 18.2 Å². The van der Waals surface area contributed by atoms with Gasteiger partial charge in [0, 0.05) is 28.9 Å². The number of nitrogens with zero attached hydrogens (tertiary/aromatic N) is 4. The Bertz CT molecular complexity index is 910. The van der Waals surface area contributed by atoms with Gasteiger partial charge in [-0.2, -0.15) is 15.8 Å². The van der Waals surface area contributed by atoms with Gasteiger partial charge in [-0.15, -0.1) is 0 Å². The van der Waals surface area contributed by atoms with Crippen molar-refractivity contribution in [1.82, 2.24) is 4.98 Å². The van der Waals surface area contributed by atoms with Crippen LogP contribution in [0.2, 0.25) is 0 Å². The van der Waals surface area contributed by atoms with E-state index in [4.69, 9.17) is 15.8 Å². The first kappa shape index (κ1) is 14.5. The Labute approximate surface area is 125 Å². The van der Waals surface area contributed by atoms with Gasteiger partial charge in [0.2, 0.25) is 0 Å². The quantitative estimate of drug-likeness (QED) is 0.827. The number of aromatic carboxylic acids is 1. The summed E-state index contributed by atoms with van der Waals surface area (Å²) in [7, 11) is 0. The number of carboxylic acids is 1. The number of aromatic nitrogens is 1. The molecule has 0 radical (unpaired) electrons. The third-order valence-electron chi connectivity index (χ3n) is 2.89.